The van der Waals surface area contributed by atoms with Gasteiger partial charge in [-0.05, 0) is 25.1 Å². The summed E-state index contributed by atoms with van der Waals surface area (Å²) in [4.78, 5) is 24.0. The van der Waals surface area contributed by atoms with Crippen molar-refractivity contribution in [3.05, 3.63) is 58.1 Å². The van der Waals surface area contributed by atoms with Crippen LogP contribution in [-0.2, 0) is 10.9 Å². The average Bonchev–Trinajstić information content (AvgIpc) is 3.29. The molecule has 0 bridgehead atoms. The van der Waals surface area contributed by atoms with E-state index in [1.54, 1.807) is 25.1 Å². The lowest BCUT2D eigenvalue weighted by Gasteiger charge is -2.23. The number of morpholine rings is 1. The Balaban J connectivity index is 1.52. The van der Waals surface area contributed by atoms with Crippen molar-refractivity contribution in [2.45, 2.75) is 25.2 Å². The summed E-state index contributed by atoms with van der Waals surface area (Å²) >= 11 is 7.28. The fourth-order valence-corrected chi connectivity index (χ4v) is 4.21. The van der Waals surface area contributed by atoms with E-state index in [4.69, 9.17) is 21.1 Å². The highest BCUT2D eigenvalue weighted by atomic mass is 35.5. The van der Waals surface area contributed by atoms with Crippen LogP contribution in [0, 0.1) is 0 Å². The van der Waals surface area contributed by atoms with Gasteiger partial charge in [-0.25, -0.2) is 15.0 Å². The van der Waals surface area contributed by atoms with E-state index in [9.17, 15) is 18.0 Å². The normalized spacial score (nSPS) is 17.1. The molecule has 1 amide bonds. The number of ether oxygens (including phenoxy) is 2. The summed E-state index contributed by atoms with van der Waals surface area (Å²) in [5, 5.41) is 6.58. The minimum atomic E-state index is -4.64. The van der Waals surface area contributed by atoms with Gasteiger partial charge in [0.25, 0.3) is 5.91 Å². The maximum atomic E-state index is 13.0. The molecule has 0 unspecified atom stereocenters. The van der Waals surface area contributed by atoms with E-state index >= 15 is 0 Å². The quantitative estimate of drug-likeness (QED) is 0.477. The van der Waals surface area contributed by atoms with Crippen LogP contribution in [0.4, 0.5) is 13.2 Å². The highest BCUT2D eigenvalue weighted by Crippen LogP contribution is 2.32. The van der Waals surface area contributed by atoms with Gasteiger partial charge in [-0.15, -0.1) is 11.3 Å². The first-order valence-corrected chi connectivity index (χ1v) is 11.8. The molecule has 1 aliphatic heterocycles. The minimum absolute atomic E-state index is 0.126. The molecule has 0 aliphatic carbocycles. The molecule has 8 nitrogen and oxygen atoms in total. The zero-order chi connectivity index (χ0) is 25.0. The maximum Gasteiger partial charge on any atom is 0.451 e. The largest absolute Gasteiger partial charge is 0.491 e. The van der Waals surface area contributed by atoms with E-state index in [1.165, 1.54) is 17.5 Å². The number of alkyl halides is 3. The first-order chi connectivity index (χ1) is 16.7. The molecule has 35 heavy (non-hydrogen) atoms. The van der Waals surface area contributed by atoms with Gasteiger partial charge in [-0.2, -0.15) is 13.2 Å². The Hall–Kier alpha value is -2.80. The second-order valence-corrected chi connectivity index (χ2v) is 9.42. The van der Waals surface area contributed by atoms with Gasteiger partial charge in [0.15, 0.2) is 0 Å². The van der Waals surface area contributed by atoms with Gasteiger partial charge >= 0.3 is 6.18 Å². The van der Waals surface area contributed by atoms with Crippen molar-refractivity contribution in [3.63, 3.8) is 0 Å². The number of carbonyl (C=O) groups is 1. The number of amides is 1. The lowest BCUT2D eigenvalue weighted by Crippen LogP contribution is -2.41. The van der Waals surface area contributed by atoms with Gasteiger partial charge in [0.05, 0.1) is 18.8 Å². The molecule has 1 aliphatic rings. The van der Waals surface area contributed by atoms with Crippen molar-refractivity contribution >= 4 is 28.8 Å². The van der Waals surface area contributed by atoms with Crippen LogP contribution in [0.15, 0.2) is 36.8 Å². The van der Waals surface area contributed by atoms with Crippen molar-refractivity contribution in [3.8, 4) is 16.3 Å². The van der Waals surface area contributed by atoms with Crippen LogP contribution in [0.2, 0.25) is 4.34 Å². The fraction of sp³-hybridized carbons (Fsp3) is 0.364. The number of nitrogens with zero attached hydrogens (tertiary/aromatic N) is 3. The molecule has 0 saturated carbocycles. The molecular formula is C22H21ClF3N5O3S. The average molecular weight is 528 g/mol. The van der Waals surface area contributed by atoms with Crippen molar-refractivity contribution in [1.29, 1.82) is 0 Å². The summed E-state index contributed by atoms with van der Waals surface area (Å²) in [5.74, 6) is -1.26. The van der Waals surface area contributed by atoms with Crippen molar-refractivity contribution in [2.75, 3.05) is 26.3 Å². The molecule has 1 aromatic carbocycles. The summed E-state index contributed by atoms with van der Waals surface area (Å²) < 4.78 is 50.2. The number of thiazole rings is 1. The van der Waals surface area contributed by atoms with Crippen LogP contribution in [0.25, 0.3) is 10.6 Å². The van der Waals surface area contributed by atoms with Gasteiger partial charge in [0.1, 0.15) is 27.8 Å². The molecule has 2 aromatic heterocycles. The molecular weight excluding hydrogens is 507 g/mol. The van der Waals surface area contributed by atoms with E-state index in [2.05, 4.69) is 25.6 Å². The van der Waals surface area contributed by atoms with Gasteiger partial charge in [0, 0.05) is 42.2 Å². The smallest absolute Gasteiger partial charge is 0.451 e. The van der Waals surface area contributed by atoms with Gasteiger partial charge < -0.3 is 20.1 Å². The first-order valence-electron chi connectivity index (χ1n) is 10.6. The number of nitrogens with one attached hydrogen (secondary N) is 2. The number of benzene rings is 1. The van der Waals surface area contributed by atoms with Gasteiger partial charge in [0.2, 0.25) is 5.82 Å². The topological polar surface area (TPSA) is 98.3 Å². The molecule has 1 saturated heterocycles. The minimum Gasteiger partial charge on any atom is -0.491 e. The third-order valence-electron chi connectivity index (χ3n) is 5.11. The third kappa shape index (κ3) is 6.66. The van der Waals surface area contributed by atoms with Crippen LogP contribution in [0.5, 0.6) is 5.75 Å². The monoisotopic (exact) mass is 527 g/mol. The fourth-order valence-electron chi connectivity index (χ4n) is 3.31. The summed E-state index contributed by atoms with van der Waals surface area (Å²) in [7, 11) is 0. The number of aromatic nitrogens is 3. The highest BCUT2D eigenvalue weighted by Gasteiger charge is 2.34. The Bertz CT molecular complexity index is 1170. The van der Waals surface area contributed by atoms with Crippen LogP contribution in [-0.4, -0.2) is 53.3 Å². The number of carbonyl (C=O) groups excluding carboxylic acids is 1. The van der Waals surface area contributed by atoms with E-state index in [0.29, 0.717) is 39.4 Å². The molecule has 1 fully saturated rings. The number of hydrogen-bond acceptors (Lipinski definition) is 8. The standard InChI is InChI=1S/C22H21ClF3N5O3S/c1-12(15-7-29-21(30-8-15)22(24,25)26)31-19(32)13-4-14(20-28-10-18(23)35-20)6-16(5-13)34-11-17-9-27-2-3-33-17/h4-8,10,12,17,27H,2-3,9,11H2,1H3,(H,31,32)/t12-,17-/m1/s1. The third-order valence-corrected chi connectivity index (χ3v) is 6.27. The molecule has 4 rings (SSSR count). The summed E-state index contributed by atoms with van der Waals surface area (Å²) in [6, 6.07) is 4.34. The summed E-state index contributed by atoms with van der Waals surface area (Å²) in [6.45, 7) is 3.94. The molecule has 13 heteroatoms. The van der Waals surface area contributed by atoms with Crippen molar-refractivity contribution in [1.82, 2.24) is 25.6 Å². The van der Waals surface area contributed by atoms with Gasteiger partial charge in [-0.3, -0.25) is 4.79 Å². The first kappa shape index (κ1) is 25.3. The van der Waals surface area contributed by atoms with Crippen LogP contribution >= 0.6 is 22.9 Å². The van der Waals surface area contributed by atoms with Crippen LogP contribution in [0.3, 0.4) is 0 Å². The number of hydrogen-bond donors (Lipinski definition) is 2. The van der Waals surface area contributed by atoms with E-state index in [1.807, 2.05) is 0 Å². The molecule has 2 atom stereocenters. The van der Waals surface area contributed by atoms with E-state index in [0.717, 1.165) is 18.9 Å². The lowest BCUT2D eigenvalue weighted by atomic mass is 10.1. The van der Waals surface area contributed by atoms with Crippen molar-refractivity contribution < 1.29 is 27.4 Å². The number of rotatable bonds is 7. The molecule has 186 valence electrons. The zero-order valence-electron chi connectivity index (χ0n) is 18.4. The molecule has 3 aromatic rings. The predicted octanol–water partition coefficient (Wildman–Crippen LogP) is 4.13. The van der Waals surface area contributed by atoms with E-state index < -0.39 is 23.9 Å². The molecule has 0 spiro atoms. The Morgan fingerprint density at radius 1 is 1.29 bits per heavy atom. The second-order valence-electron chi connectivity index (χ2n) is 7.76. The second kappa shape index (κ2) is 10.9. The maximum absolute atomic E-state index is 13.0. The van der Waals surface area contributed by atoms with Crippen molar-refractivity contribution in [2.24, 2.45) is 0 Å². The van der Waals surface area contributed by atoms with Gasteiger partial charge in [-0.1, -0.05) is 11.6 Å². The Morgan fingerprint density at radius 3 is 2.69 bits per heavy atom. The molecule has 2 N–H and O–H groups in total. The molecule has 0 radical (unpaired) electrons. The number of halogens is 4. The SMILES string of the molecule is C[C@@H](NC(=O)c1cc(OC[C@H]2CNCCO2)cc(-c2ncc(Cl)s2)c1)c1cnc(C(F)(F)F)nc1. The lowest BCUT2D eigenvalue weighted by molar-refractivity contribution is -0.145. The summed E-state index contributed by atoms with van der Waals surface area (Å²) in [5.41, 5.74) is 1.25. The molecule has 3 heterocycles. The zero-order valence-corrected chi connectivity index (χ0v) is 20.0. The predicted molar refractivity (Wildman–Crippen MR) is 124 cm³/mol. The Labute approximate surface area is 207 Å². The van der Waals surface area contributed by atoms with E-state index in [-0.39, 0.29) is 18.3 Å². The highest BCUT2D eigenvalue weighted by molar-refractivity contribution is 7.18. The van der Waals surface area contributed by atoms with Crippen LogP contribution < -0.4 is 15.4 Å². The van der Waals surface area contributed by atoms with Crippen LogP contribution in [0.1, 0.15) is 34.7 Å². The Morgan fingerprint density at radius 2 is 2.06 bits per heavy atom. The Kier molecular flexibility index (Phi) is 7.85. The summed E-state index contributed by atoms with van der Waals surface area (Å²) in [6.07, 6.45) is -1.16.